The second kappa shape index (κ2) is 17.8. The van der Waals surface area contributed by atoms with E-state index < -0.39 is 0 Å². The molecular formula is C62H68N3OPt-. The molecule has 4 nitrogen and oxygen atoms in total. The molecule has 0 unspecified atom stereocenters. The van der Waals surface area contributed by atoms with Crippen molar-refractivity contribution in [2.45, 2.75) is 126 Å². The van der Waals surface area contributed by atoms with Crippen molar-refractivity contribution in [1.29, 1.82) is 0 Å². The van der Waals surface area contributed by atoms with Gasteiger partial charge in [0.05, 0.1) is 22.3 Å². The molecule has 8 rings (SSSR count). The van der Waals surface area contributed by atoms with Gasteiger partial charge in [0.1, 0.15) is 11.6 Å². The van der Waals surface area contributed by atoms with E-state index in [0.29, 0.717) is 11.4 Å². The van der Waals surface area contributed by atoms with Gasteiger partial charge in [-0.3, -0.25) is 9.55 Å². The van der Waals surface area contributed by atoms with Crippen molar-refractivity contribution in [1.82, 2.24) is 14.5 Å². The zero-order valence-corrected chi connectivity index (χ0v) is 44.6. The fraction of sp³-hybridized carbons (Fsp3) is 0.323. The fourth-order valence-electron chi connectivity index (χ4n) is 8.74. The molecule has 0 spiro atoms. The number of aromatic hydroxyl groups is 1. The number of aryl methyl sites for hydroxylation is 1. The van der Waals surface area contributed by atoms with E-state index in [4.69, 9.17) is 9.97 Å². The summed E-state index contributed by atoms with van der Waals surface area (Å²) in [4.78, 5) is 10.6. The summed E-state index contributed by atoms with van der Waals surface area (Å²) < 4.78 is 2.30. The Hall–Kier alpha value is -5.57. The van der Waals surface area contributed by atoms with Crippen LogP contribution in [0.1, 0.15) is 125 Å². The van der Waals surface area contributed by atoms with Gasteiger partial charge >= 0.3 is 0 Å². The predicted molar refractivity (Wildman–Crippen MR) is 280 cm³/mol. The van der Waals surface area contributed by atoms with Crippen LogP contribution < -0.4 is 0 Å². The predicted octanol–water partition coefficient (Wildman–Crippen LogP) is 16.8. The van der Waals surface area contributed by atoms with Gasteiger partial charge in [0, 0.05) is 44.1 Å². The van der Waals surface area contributed by atoms with Gasteiger partial charge in [0.2, 0.25) is 0 Å². The summed E-state index contributed by atoms with van der Waals surface area (Å²) in [6.07, 6.45) is 1.90. The first kappa shape index (κ1) is 49.3. The largest absolute Gasteiger partial charge is 0.507 e. The molecule has 0 aliphatic rings. The van der Waals surface area contributed by atoms with Crippen LogP contribution in [0.15, 0.2) is 134 Å². The number of phenols is 1. The van der Waals surface area contributed by atoms with Gasteiger partial charge in [0.25, 0.3) is 0 Å². The van der Waals surface area contributed by atoms with E-state index in [1.807, 2.05) is 6.20 Å². The number of aromatic nitrogens is 3. The average molecular weight is 1070 g/mol. The molecule has 1 N–H and O–H groups in total. The van der Waals surface area contributed by atoms with E-state index in [9.17, 15) is 5.11 Å². The number of hydrogen-bond donors (Lipinski definition) is 1. The minimum absolute atomic E-state index is 0. The number of nitrogens with zero attached hydrogens (tertiary/aromatic N) is 3. The van der Waals surface area contributed by atoms with Crippen LogP contribution >= 0.6 is 0 Å². The van der Waals surface area contributed by atoms with Crippen molar-refractivity contribution in [2.75, 3.05) is 0 Å². The standard InChI is InChI=1S/C62H68N3O.Pt/c1-39-24-26-40(27-25-39)42-30-31-63-52(35-42)44-32-43(33-46(34-44)58(2,3)4)48-22-19-23-54-55(48)64-57(50-37-47(59(5,6)7)38-51(56(50)66)60(8,9)10)65(54)53-29-28-45(62(14,15)61(11,12)13)36-49(53)41-20-17-16-18-21-41;/h16-31,33-38,66H,1-15H3;/q-1;. The van der Waals surface area contributed by atoms with Crippen molar-refractivity contribution < 1.29 is 26.2 Å². The number of hydrogen-bond acceptors (Lipinski definition) is 3. The van der Waals surface area contributed by atoms with Gasteiger partial charge in [-0.2, -0.15) is 0 Å². The van der Waals surface area contributed by atoms with E-state index in [1.165, 1.54) is 16.7 Å². The Morgan fingerprint density at radius 1 is 0.522 bits per heavy atom. The second-order valence-electron chi connectivity index (χ2n) is 23.1. The Balaban J connectivity index is 0.00000666. The minimum Gasteiger partial charge on any atom is -0.507 e. The number of benzene rings is 6. The van der Waals surface area contributed by atoms with Crippen LogP contribution in [0.2, 0.25) is 0 Å². The third kappa shape index (κ3) is 9.62. The normalized spacial score (nSPS) is 12.6. The summed E-state index contributed by atoms with van der Waals surface area (Å²) in [6, 6.07) is 49.8. The summed E-state index contributed by atoms with van der Waals surface area (Å²) in [5, 5.41) is 12.6. The number of pyridine rings is 1. The first-order valence-corrected chi connectivity index (χ1v) is 23.5. The monoisotopic (exact) mass is 1070 g/mol. The zero-order chi connectivity index (χ0) is 47.7. The van der Waals surface area contributed by atoms with E-state index >= 15 is 0 Å². The molecule has 2 aromatic heterocycles. The minimum atomic E-state index is -0.332. The Morgan fingerprint density at radius 3 is 1.78 bits per heavy atom. The summed E-state index contributed by atoms with van der Waals surface area (Å²) in [7, 11) is 0. The molecule has 0 fully saturated rings. The molecule has 8 aromatic rings. The average Bonchev–Trinajstić information content (AvgIpc) is 3.64. The van der Waals surface area contributed by atoms with E-state index in [2.05, 4.69) is 242 Å². The second-order valence-corrected chi connectivity index (χ2v) is 23.1. The number of rotatable bonds is 7. The van der Waals surface area contributed by atoms with Gasteiger partial charge in [-0.05, 0) is 92.1 Å². The smallest absolute Gasteiger partial charge is 0.148 e. The molecule has 6 aromatic carbocycles. The maximum Gasteiger partial charge on any atom is 0.148 e. The van der Waals surface area contributed by atoms with Crippen LogP contribution in [0.25, 0.3) is 72.7 Å². The van der Waals surface area contributed by atoms with Crippen LogP contribution in [0, 0.1) is 18.4 Å². The van der Waals surface area contributed by atoms with Crippen molar-refractivity contribution in [2.24, 2.45) is 5.41 Å². The van der Waals surface area contributed by atoms with Crippen molar-refractivity contribution >= 4 is 11.0 Å². The maximum absolute atomic E-state index is 12.6. The van der Waals surface area contributed by atoms with Crippen LogP contribution in [-0.4, -0.2) is 19.6 Å². The molecular weight excluding hydrogens is 998 g/mol. The molecule has 67 heavy (non-hydrogen) atoms. The number of para-hydroxylation sites is 1. The first-order valence-electron chi connectivity index (χ1n) is 23.5. The maximum atomic E-state index is 12.6. The van der Waals surface area contributed by atoms with Crippen molar-refractivity contribution in [3.63, 3.8) is 0 Å². The molecule has 5 heteroatoms. The van der Waals surface area contributed by atoms with E-state index in [0.717, 1.165) is 72.5 Å². The number of imidazole rings is 1. The van der Waals surface area contributed by atoms with Crippen molar-refractivity contribution in [3.05, 3.63) is 167 Å². The van der Waals surface area contributed by atoms with Gasteiger partial charge in [0.15, 0.2) is 0 Å². The summed E-state index contributed by atoms with van der Waals surface area (Å²) in [5.41, 5.74) is 16.5. The molecule has 0 atom stereocenters. The molecule has 0 amide bonds. The Bertz CT molecular complexity index is 3090. The summed E-state index contributed by atoms with van der Waals surface area (Å²) >= 11 is 0. The molecule has 0 aliphatic heterocycles. The quantitative estimate of drug-likeness (QED) is 0.162. The zero-order valence-electron chi connectivity index (χ0n) is 42.3. The first-order chi connectivity index (χ1) is 30.8. The van der Waals surface area contributed by atoms with Crippen molar-refractivity contribution in [3.8, 4) is 67.5 Å². The third-order valence-electron chi connectivity index (χ3n) is 14.1. The molecule has 0 radical (unpaired) electrons. The molecule has 0 saturated carbocycles. The van der Waals surface area contributed by atoms with Gasteiger partial charge in [-0.25, -0.2) is 4.98 Å². The Morgan fingerprint density at radius 2 is 1.15 bits per heavy atom. The van der Waals surface area contributed by atoms with E-state index in [-0.39, 0.29) is 53.9 Å². The van der Waals surface area contributed by atoms with Crippen LogP contribution in [0.4, 0.5) is 0 Å². The summed E-state index contributed by atoms with van der Waals surface area (Å²) in [6.45, 7) is 33.7. The number of phenolic OH excluding ortho intramolecular Hbond substituents is 1. The SMILES string of the molecule is Cc1ccc(-c2ccnc(-c3[c-]c(-c4cccc5c4nc(-c4cc(C(C)(C)C)cc(C(C)(C)C)c4O)n5-c4ccc(C(C)(C)C(C)(C)C)cc4-c4ccccc4)cc(C(C)(C)C)c3)c2)cc1.[Pt]. The third-order valence-corrected chi connectivity index (χ3v) is 14.1. The molecule has 348 valence electrons. The van der Waals surface area contributed by atoms with Crippen LogP contribution in [0.3, 0.4) is 0 Å². The molecule has 0 bridgehead atoms. The molecule has 0 aliphatic carbocycles. The van der Waals surface area contributed by atoms with Crippen LogP contribution in [-0.2, 0) is 42.7 Å². The molecule has 2 heterocycles. The summed E-state index contributed by atoms with van der Waals surface area (Å²) in [5.74, 6) is 0.940. The Kier molecular flexibility index (Phi) is 13.1. The number of fused-ring (bicyclic) bond motifs is 1. The topological polar surface area (TPSA) is 50.9 Å². The van der Waals surface area contributed by atoms with Crippen LogP contribution in [0.5, 0.6) is 5.75 Å². The van der Waals surface area contributed by atoms with Gasteiger partial charge in [-0.15, -0.1) is 29.3 Å². The van der Waals surface area contributed by atoms with Gasteiger partial charge in [-0.1, -0.05) is 199 Å². The van der Waals surface area contributed by atoms with Gasteiger partial charge < -0.3 is 5.11 Å². The fourth-order valence-corrected chi connectivity index (χ4v) is 8.74. The van der Waals surface area contributed by atoms with E-state index in [1.54, 1.807) is 0 Å². The molecule has 0 saturated heterocycles. The Labute approximate surface area is 415 Å².